The molecule has 4 heteroatoms. The number of benzene rings is 3. The van der Waals surface area contributed by atoms with Crippen LogP contribution in [0.5, 0.6) is 0 Å². The van der Waals surface area contributed by atoms with E-state index >= 15 is 0 Å². The molecule has 140 valence electrons. The van der Waals surface area contributed by atoms with Crippen LogP contribution in [-0.2, 0) is 0 Å². The molecule has 0 spiro atoms. The molecule has 0 unspecified atom stereocenters. The SMILES string of the molecule is N#Cc1ccc(N2CCN(C(c3ccccc3)c3ccccc3)CC2)c(N)c1. The maximum absolute atomic E-state index is 9.05. The molecule has 1 aliphatic heterocycles. The normalized spacial score (nSPS) is 14.8. The third-order valence-corrected chi connectivity index (χ3v) is 5.41. The highest BCUT2D eigenvalue weighted by Gasteiger charge is 2.26. The first-order valence-electron chi connectivity index (χ1n) is 9.65. The Balaban J connectivity index is 1.55. The first-order valence-corrected chi connectivity index (χ1v) is 9.65. The fourth-order valence-electron chi connectivity index (χ4n) is 4.02. The molecule has 0 radical (unpaired) electrons. The van der Waals surface area contributed by atoms with Crippen molar-refractivity contribution in [3.05, 3.63) is 95.6 Å². The van der Waals surface area contributed by atoms with Gasteiger partial charge in [0, 0.05) is 26.2 Å². The lowest BCUT2D eigenvalue weighted by atomic mass is 9.96. The van der Waals surface area contributed by atoms with Crippen LogP contribution in [0.25, 0.3) is 0 Å². The topological polar surface area (TPSA) is 56.3 Å². The molecule has 4 nitrogen and oxygen atoms in total. The van der Waals surface area contributed by atoms with E-state index in [1.54, 1.807) is 6.07 Å². The van der Waals surface area contributed by atoms with Crippen molar-refractivity contribution in [3.63, 3.8) is 0 Å². The molecule has 0 aliphatic carbocycles. The number of hydrogen-bond acceptors (Lipinski definition) is 4. The van der Waals surface area contributed by atoms with E-state index in [1.165, 1.54) is 11.1 Å². The van der Waals surface area contributed by atoms with Gasteiger partial charge >= 0.3 is 0 Å². The Hall–Kier alpha value is -3.29. The Morgan fingerprint density at radius 2 is 1.36 bits per heavy atom. The molecular formula is C24H24N4. The minimum atomic E-state index is 0.253. The minimum absolute atomic E-state index is 0.253. The minimum Gasteiger partial charge on any atom is -0.397 e. The van der Waals surface area contributed by atoms with Gasteiger partial charge in [-0.1, -0.05) is 60.7 Å². The van der Waals surface area contributed by atoms with Crippen LogP contribution in [0.3, 0.4) is 0 Å². The van der Waals surface area contributed by atoms with Crippen molar-refractivity contribution >= 4 is 11.4 Å². The van der Waals surface area contributed by atoms with Gasteiger partial charge in [0.25, 0.3) is 0 Å². The standard InChI is InChI=1S/C24H24N4/c25-18-19-11-12-23(22(26)17-19)27-13-15-28(16-14-27)24(20-7-3-1-4-8-20)21-9-5-2-6-10-21/h1-12,17,24H,13-16,26H2. The van der Waals surface area contributed by atoms with Crippen molar-refractivity contribution < 1.29 is 0 Å². The van der Waals surface area contributed by atoms with Gasteiger partial charge < -0.3 is 10.6 Å². The quantitative estimate of drug-likeness (QED) is 0.706. The summed E-state index contributed by atoms with van der Waals surface area (Å²) < 4.78 is 0. The largest absolute Gasteiger partial charge is 0.397 e. The lowest BCUT2D eigenvalue weighted by Gasteiger charge is -2.41. The van der Waals surface area contributed by atoms with Crippen molar-refractivity contribution in [1.82, 2.24) is 4.90 Å². The van der Waals surface area contributed by atoms with Crippen LogP contribution in [0, 0.1) is 11.3 Å². The third-order valence-electron chi connectivity index (χ3n) is 5.41. The average molecular weight is 368 g/mol. The van der Waals surface area contributed by atoms with Gasteiger partial charge in [0.2, 0.25) is 0 Å². The molecule has 28 heavy (non-hydrogen) atoms. The Kier molecular flexibility index (Phi) is 5.27. The van der Waals surface area contributed by atoms with Crippen molar-refractivity contribution in [2.45, 2.75) is 6.04 Å². The Bertz CT molecular complexity index is 915. The summed E-state index contributed by atoms with van der Waals surface area (Å²) in [6.07, 6.45) is 0. The summed E-state index contributed by atoms with van der Waals surface area (Å²) in [5.74, 6) is 0. The number of anilines is 2. The number of nitrogens with zero attached hydrogens (tertiary/aromatic N) is 3. The predicted molar refractivity (Wildman–Crippen MR) is 114 cm³/mol. The van der Waals surface area contributed by atoms with E-state index in [9.17, 15) is 0 Å². The molecule has 0 amide bonds. The lowest BCUT2D eigenvalue weighted by molar-refractivity contribution is 0.212. The first-order chi connectivity index (χ1) is 13.8. The van der Waals surface area contributed by atoms with Crippen molar-refractivity contribution in [2.75, 3.05) is 36.8 Å². The zero-order valence-electron chi connectivity index (χ0n) is 15.8. The molecule has 1 heterocycles. The van der Waals surface area contributed by atoms with Crippen LogP contribution in [0.2, 0.25) is 0 Å². The van der Waals surface area contributed by atoms with E-state index < -0.39 is 0 Å². The van der Waals surface area contributed by atoms with Crippen LogP contribution in [0.1, 0.15) is 22.7 Å². The fraction of sp³-hybridized carbons (Fsp3) is 0.208. The Morgan fingerprint density at radius 1 is 0.786 bits per heavy atom. The summed E-state index contributed by atoms with van der Waals surface area (Å²) in [5.41, 5.74) is 11.1. The maximum atomic E-state index is 9.05. The second-order valence-corrected chi connectivity index (χ2v) is 7.13. The molecular weight excluding hydrogens is 344 g/mol. The summed E-state index contributed by atoms with van der Waals surface area (Å²) in [6, 6.07) is 29.4. The summed E-state index contributed by atoms with van der Waals surface area (Å²) >= 11 is 0. The van der Waals surface area contributed by atoms with Crippen LogP contribution in [-0.4, -0.2) is 31.1 Å². The van der Waals surface area contributed by atoms with E-state index in [4.69, 9.17) is 11.0 Å². The molecule has 0 saturated carbocycles. The van der Waals surface area contributed by atoms with E-state index in [0.717, 1.165) is 31.9 Å². The number of hydrogen-bond donors (Lipinski definition) is 1. The van der Waals surface area contributed by atoms with Gasteiger partial charge in [-0.05, 0) is 29.3 Å². The second-order valence-electron chi connectivity index (χ2n) is 7.13. The van der Waals surface area contributed by atoms with E-state index in [-0.39, 0.29) is 6.04 Å². The monoisotopic (exact) mass is 368 g/mol. The zero-order chi connectivity index (χ0) is 19.3. The van der Waals surface area contributed by atoms with Gasteiger partial charge in [-0.25, -0.2) is 0 Å². The highest BCUT2D eigenvalue weighted by Crippen LogP contribution is 2.31. The van der Waals surface area contributed by atoms with E-state index in [1.807, 2.05) is 12.1 Å². The average Bonchev–Trinajstić information content (AvgIpc) is 2.76. The van der Waals surface area contributed by atoms with Gasteiger partial charge in [-0.15, -0.1) is 0 Å². The molecule has 3 aromatic carbocycles. The second kappa shape index (κ2) is 8.16. The Morgan fingerprint density at radius 3 is 1.86 bits per heavy atom. The molecule has 3 aromatic rings. The lowest BCUT2D eigenvalue weighted by Crippen LogP contribution is -2.48. The van der Waals surface area contributed by atoms with Gasteiger partial charge in [-0.2, -0.15) is 5.26 Å². The number of nitrogens with two attached hydrogens (primary N) is 1. The summed E-state index contributed by atoms with van der Waals surface area (Å²) in [5, 5.41) is 9.05. The highest BCUT2D eigenvalue weighted by atomic mass is 15.3. The van der Waals surface area contributed by atoms with Crippen molar-refractivity contribution in [1.29, 1.82) is 5.26 Å². The molecule has 4 rings (SSSR count). The maximum Gasteiger partial charge on any atom is 0.0992 e. The predicted octanol–water partition coefficient (Wildman–Crippen LogP) is 4.05. The molecule has 0 bridgehead atoms. The van der Waals surface area contributed by atoms with Gasteiger partial charge in [0.1, 0.15) is 0 Å². The van der Waals surface area contributed by atoms with E-state index in [2.05, 4.69) is 76.5 Å². The number of nitrogen functional groups attached to an aromatic ring is 1. The number of piperazine rings is 1. The molecule has 1 saturated heterocycles. The fourth-order valence-corrected chi connectivity index (χ4v) is 4.02. The number of nitriles is 1. The summed E-state index contributed by atoms with van der Waals surface area (Å²) in [6.45, 7) is 3.72. The van der Waals surface area contributed by atoms with Crippen molar-refractivity contribution in [2.24, 2.45) is 0 Å². The first kappa shape index (κ1) is 18.1. The van der Waals surface area contributed by atoms with Gasteiger partial charge in [-0.3, -0.25) is 4.90 Å². The molecule has 1 fully saturated rings. The van der Waals surface area contributed by atoms with Gasteiger partial charge in [0.05, 0.1) is 29.0 Å². The third kappa shape index (κ3) is 3.71. The van der Waals surface area contributed by atoms with Crippen LogP contribution >= 0.6 is 0 Å². The highest BCUT2D eigenvalue weighted by molar-refractivity contribution is 5.69. The molecule has 2 N–H and O–H groups in total. The van der Waals surface area contributed by atoms with Crippen LogP contribution in [0.15, 0.2) is 78.9 Å². The Labute approximate surface area is 166 Å². The van der Waals surface area contributed by atoms with Crippen LogP contribution in [0.4, 0.5) is 11.4 Å². The molecule has 1 aliphatic rings. The molecule has 0 aromatic heterocycles. The molecule has 0 atom stereocenters. The smallest absolute Gasteiger partial charge is 0.0992 e. The zero-order valence-corrected chi connectivity index (χ0v) is 15.8. The summed E-state index contributed by atoms with van der Waals surface area (Å²) in [7, 11) is 0. The summed E-state index contributed by atoms with van der Waals surface area (Å²) in [4.78, 5) is 4.86. The van der Waals surface area contributed by atoms with Crippen molar-refractivity contribution in [3.8, 4) is 6.07 Å². The number of rotatable bonds is 4. The van der Waals surface area contributed by atoms with E-state index in [0.29, 0.717) is 11.3 Å². The van der Waals surface area contributed by atoms with Crippen LogP contribution < -0.4 is 10.6 Å². The van der Waals surface area contributed by atoms with Gasteiger partial charge in [0.15, 0.2) is 0 Å².